The molecule has 2 nitrogen and oxygen atoms in total. The normalized spacial score (nSPS) is 11.7. The van der Waals surface area contributed by atoms with Gasteiger partial charge in [0.2, 0.25) is 0 Å². The standard InChI is InChI=1S/C15H8Cl2FNO/c16-12-4-2-1-3-10(12)11(8-19)15(20)9-5-6-13(17)14(18)7-9/h1-7,11H. The van der Waals surface area contributed by atoms with Gasteiger partial charge >= 0.3 is 0 Å². The number of rotatable bonds is 3. The first-order chi connectivity index (χ1) is 9.54. The predicted molar refractivity (Wildman–Crippen MR) is 75.5 cm³/mol. The monoisotopic (exact) mass is 307 g/mol. The van der Waals surface area contributed by atoms with E-state index < -0.39 is 17.5 Å². The van der Waals surface area contributed by atoms with Gasteiger partial charge in [-0.1, -0.05) is 41.4 Å². The summed E-state index contributed by atoms with van der Waals surface area (Å²) in [5.74, 6) is -2.30. The summed E-state index contributed by atoms with van der Waals surface area (Å²) in [6.07, 6.45) is 0. The Hall–Kier alpha value is -1.89. The van der Waals surface area contributed by atoms with Crippen molar-refractivity contribution in [3.8, 4) is 6.07 Å². The molecule has 0 aliphatic rings. The Labute approximate surface area is 125 Å². The highest BCUT2D eigenvalue weighted by atomic mass is 35.5. The number of Topliss-reactive ketones (excluding diaryl/α,β-unsaturated/α-hetero) is 1. The van der Waals surface area contributed by atoms with Crippen molar-refractivity contribution in [2.24, 2.45) is 0 Å². The number of hydrogen-bond acceptors (Lipinski definition) is 2. The van der Waals surface area contributed by atoms with Crippen molar-refractivity contribution in [1.29, 1.82) is 5.26 Å². The first-order valence-corrected chi connectivity index (χ1v) is 6.43. The molecule has 0 saturated carbocycles. The first kappa shape index (κ1) is 14.5. The number of hydrogen-bond donors (Lipinski definition) is 0. The molecule has 2 rings (SSSR count). The van der Waals surface area contributed by atoms with Gasteiger partial charge in [-0.05, 0) is 29.8 Å². The number of nitrogens with zero attached hydrogens (tertiary/aromatic N) is 1. The van der Waals surface area contributed by atoms with Crippen LogP contribution in [-0.2, 0) is 0 Å². The fourth-order valence-electron chi connectivity index (χ4n) is 1.79. The SMILES string of the molecule is N#CC(C(=O)c1ccc(Cl)c(F)c1)c1ccccc1Cl. The zero-order valence-corrected chi connectivity index (χ0v) is 11.6. The van der Waals surface area contributed by atoms with Crippen molar-refractivity contribution >= 4 is 29.0 Å². The van der Waals surface area contributed by atoms with Crippen LogP contribution in [0.15, 0.2) is 42.5 Å². The van der Waals surface area contributed by atoms with Gasteiger partial charge in [0, 0.05) is 10.6 Å². The van der Waals surface area contributed by atoms with E-state index in [2.05, 4.69) is 0 Å². The fraction of sp³-hybridized carbons (Fsp3) is 0.0667. The first-order valence-electron chi connectivity index (χ1n) is 5.68. The van der Waals surface area contributed by atoms with Crippen LogP contribution < -0.4 is 0 Å². The van der Waals surface area contributed by atoms with E-state index in [1.54, 1.807) is 24.3 Å². The summed E-state index contributed by atoms with van der Waals surface area (Å²) in [5.41, 5.74) is 0.482. The molecule has 100 valence electrons. The highest BCUT2D eigenvalue weighted by Crippen LogP contribution is 2.28. The lowest BCUT2D eigenvalue weighted by molar-refractivity contribution is 0.0978. The molecule has 2 aromatic carbocycles. The molecule has 1 unspecified atom stereocenters. The minimum atomic E-state index is -1.08. The van der Waals surface area contributed by atoms with Crippen molar-refractivity contribution in [2.45, 2.75) is 5.92 Å². The molecule has 0 spiro atoms. The molecule has 0 amide bonds. The second-order valence-electron chi connectivity index (χ2n) is 4.08. The molecule has 0 bridgehead atoms. The van der Waals surface area contributed by atoms with Crippen LogP contribution in [-0.4, -0.2) is 5.78 Å². The number of nitriles is 1. The summed E-state index contributed by atoms with van der Waals surface area (Å²) in [5, 5.41) is 9.46. The molecule has 0 aliphatic carbocycles. The molecule has 0 fully saturated rings. The van der Waals surface area contributed by atoms with Crippen LogP contribution in [0, 0.1) is 17.1 Å². The lowest BCUT2D eigenvalue weighted by atomic mass is 9.92. The van der Waals surface area contributed by atoms with Gasteiger partial charge in [0.1, 0.15) is 11.7 Å². The summed E-state index contributed by atoms with van der Waals surface area (Å²) in [6.45, 7) is 0. The lowest BCUT2D eigenvalue weighted by Gasteiger charge is -2.10. The van der Waals surface area contributed by atoms with Crippen molar-refractivity contribution in [1.82, 2.24) is 0 Å². The Morgan fingerprint density at radius 1 is 1.15 bits per heavy atom. The fourth-order valence-corrected chi connectivity index (χ4v) is 2.16. The van der Waals surface area contributed by atoms with E-state index in [9.17, 15) is 14.4 Å². The molecule has 0 N–H and O–H groups in total. The van der Waals surface area contributed by atoms with Gasteiger partial charge in [0.25, 0.3) is 0 Å². The van der Waals surface area contributed by atoms with Crippen LogP contribution in [0.2, 0.25) is 10.0 Å². The third-order valence-corrected chi connectivity index (χ3v) is 3.46. The molecular weight excluding hydrogens is 300 g/mol. The summed E-state index contributed by atoms with van der Waals surface area (Å²) in [6, 6.07) is 12.2. The molecule has 1 atom stereocenters. The van der Waals surface area contributed by atoms with Crippen molar-refractivity contribution in [3.63, 3.8) is 0 Å². The van der Waals surface area contributed by atoms with Gasteiger partial charge < -0.3 is 0 Å². The smallest absolute Gasteiger partial charge is 0.184 e. The van der Waals surface area contributed by atoms with E-state index in [1.807, 2.05) is 6.07 Å². The van der Waals surface area contributed by atoms with Crippen molar-refractivity contribution in [2.75, 3.05) is 0 Å². The van der Waals surface area contributed by atoms with Crippen LogP contribution in [0.4, 0.5) is 4.39 Å². The Bertz CT molecular complexity index is 709. The molecule has 5 heteroatoms. The summed E-state index contributed by atoms with van der Waals surface area (Å²) in [7, 11) is 0. The Balaban J connectivity index is 2.42. The van der Waals surface area contributed by atoms with Crippen molar-refractivity contribution in [3.05, 3.63) is 69.5 Å². The molecule has 2 aromatic rings. The highest BCUT2D eigenvalue weighted by Gasteiger charge is 2.24. The summed E-state index contributed by atoms with van der Waals surface area (Å²) < 4.78 is 13.4. The maximum Gasteiger partial charge on any atom is 0.184 e. The van der Waals surface area contributed by atoms with Gasteiger partial charge in [-0.25, -0.2) is 4.39 Å². The number of ketones is 1. The van der Waals surface area contributed by atoms with Crippen LogP contribution in [0.3, 0.4) is 0 Å². The van der Waals surface area contributed by atoms with Crippen LogP contribution >= 0.6 is 23.2 Å². The van der Waals surface area contributed by atoms with E-state index in [0.29, 0.717) is 10.6 Å². The van der Waals surface area contributed by atoms with E-state index in [4.69, 9.17) is 23.2 Å². The van der Waals surface area contributed by atoms with Crippen LogP contribution in [0.5, 0.6) is 0 Å². The van der Waals surface area contributed by atoms with Crippen LogP contribution in [0.1, 0.15) is 21.8 Å². The average molecular weight is 308 g/mol. The largest absolute Gasteiger partial charge is 0.292 e. The quantitative estimate of drug-likeness (QED) is 0.776. The number of carbonyl (C=O) groups is 1. The molecule has 0 aromatic heterocycles. The molecule has 0 aliphatic heterocycles. The molecular formula is C15H8Cl2FNO. The predicted octanol–water partition coefficient (Wildman–Crippen LogP) is 4.62. The number of benzene rings is 2. The lowest BCUT2D eigenvalue weighted by Crippen LogP contribution is -2.12. The van der Waals surface area contributed by atoms with Gasteiger partial charge in [-0.15, -0.1) is 0 Å². The minimum Gasteiger partial charge on any atom is -0.292 e. The van der Waals surface area contributed by atoms with E-state index in [-0.39, 0.29) is 10.6 Å². The maximum absolute atomic E-state index is 13.4. The summed E-state index contributed by atoms with van der Waals surface area (Å²) >= 11 is 11.6. The Morgan fingerprint density at radius 3 is 2.45 bits per heavy atom. The molecule has 0 radical (unpaired) electrons. The molecule has 0 saturated heterocycles. The Kier molecular flexibility index (Phi) is 4.39. The summed E-state index contributed by atoms with van der Waals surface area (Å²) in [4.78, 5) is 12.3. The maximum atomic E-state index is 13.4. The second-order valence-corrected chi connectivity index (χ2v) is 4.89. The highest BCUT2D eigenvalue weighted by molar-refractivity contribution is 6.32. The van der Waals surface area contributed by atoms with Crippen molar-refractivity contribution < 1.29 is 9.18 Å². The van der Waals surface area contributed by atoms with E-state index in [0.717, 1.165) is 6.07 Å². The van der Waals surface area contributed by atoms with Gasteiger partial charge in [0.15, 0.2) is 5.78 Å². The Morgan fingerprint density at radius 2 is 1.85 bits per heavy atom. The van der Waals surface area contributed by atoms with Gasteiger partial charge in [-0.2, -0.15) is 5.26 Å². The van der Waals surface area contributed by atoms with Gasteiger partial charge in [0.05, 0.1) is 11.1 Å². The zero-order chi connectivity index (χ0) is 14.7. The molecule has 20 heavy (non-hydrogen) atoms. The van der Waals surface area contributed by atoms with Crippen LogP contribution in [0.25, 0.3) is 0 Å². The number of carbonyl (C=O) groups excluding carboxylic acids is 1. The zero-order valence-electron chi connectivity index (χ0n) is 10.1. The minimum absolute atomic E-state index is 0.0761. The third kappa shape index (κ3) is 2.82. The third-order valence-electron chi connectivity index (χ3n) is 2.81. The van der Waals surface area contributed by atoms with E-state index in [1.165, 1.54) is 12.1 Å². The second kappa shape index (κ2) is 6.04. The number of halogens is 3. The molecule has 0 heterocycles. The van der Waals surface area contributed by atoms with E-state index >= 15 is 0 Å². The average Bonchev–Trinajstić information content (AvgIpc) is 2.44. The topological polar surface area (TPSA) is 40.9 Å². The van der Waals surface area contributed by atoms with Gasteiger partial charge in [-0.3, -0.25) is 4.79 Å².